The van der Waals surface area contributed by atoms with Gasteiger partial charge in [-0.3, -0.25) is 24.7 Å². The number of benzene rings is 1. The van der Waals surface area contributed by atoms with Gasteiger partial charge in [-0.25, -0.2) is 0 Å². The average molecular weight is 370 g/mol. The van der Waals surface area contributed by atoms with E-state index in [4.69, 9.17) is 4.74 Å². The number of nitrogens with one attached hydrogen (secondary N) is 1. The molecule has 2 aromatic rings. The second-order valence-electron chi connectivity index (χ2n) is 5.92. The van der Waals surface area contributed by atoms with Crippen LogP contribution in [0.15, 0.2) is 42.6 Å². The van der Waals surface area contributed by atoms with E-state index in [-0.39, 0.29) is 22.2 Å². The zero-order valence-corrected chi connectivity index (χ0v) is 15.0. The molecule has 1 atom stereocenters. The first-order valence-corrected chi connectivity index (χ1v) is 9.08. The first-order chi connectivity index (χ1) is 12.5. The number of carbonyl (C=O) groups is 3. The zero-order chi connectivity index (χ0) is 18.5. The highest BCUT2D eigenvalue weighted by Crippen LogP contribution is 2.23. The first kappa shape index (κ1) is 18.1. The fourth-order valence-electron chi connectivity index (χ4n) is 2.52. The van der Waals surface area contributed by atoms with Crippen LogP contribution in [0, 0.1) is 0 Å². The lowest BCUT2D eigenvalue weighted by molar-refractivity contribution is -0.118. The predicted octanol–water partition coefficient (Wildman–Crippen LogP) is 2.80. The van der Waals surface area contributed by atoms with Gasteiger partial charge in [0.15, 0.2) is 5.78 Å². The van der Waals surface area contributed by atoms with Crippen molar-refractivity contribution in [2.24, 2.45) is 0 Å². The Morgan fingerprint density at radius 2 is 1.96 bits per heavy atom. The van der Waals surface area contributed by atoms with Gasteiger partial charge in [0, 0.05) is 23.9 Å². The van der Waals surface area contributed by atoms with Crippen LogP contribution in [-0.4, -0.2) is 33.8 Å². The summed E-state index contributed by atoms with van der Waals surface area (Å²) in [5, 5.41) is 1.64. The largest absolute Gasteiger partial charge is 0.493 e. The fourth-order valence-corrected chi connectivity index (χ4v) is 3.38. The van der Waals surface area contributed by atoms with Crippen molar-refractivity contribution in [1.82, 2.24) is 10.3 Å². The van der Waals surface area contributed by atoms with Crippen molar-refractivity contribution in [3.63, 3.8) is 0 Å². The molecule has 1 aromatic carbocycles. The number of hydrogen-bond acceptors (Lipinski definition) is 6. The standard InChI is InChI=1S/C19H18N2O4S/c1-12(22)14-4-5-15(20-11-14)8-9-25-16-6-2-13(3-7-16)10-17-18(23)21-19(24)26-17/h2-7,11,17H,8-10H2,1H3,(H,21,23,24)/t17-/m0/s1. The van der Waals surface area contributed by atoms with Gasteiger partial charge in [0.25, 0.3) is 5.24 Å². The van der Waals surface area contributed by atoms with E-state index in [9.17, 15) is 14.4 Å². The van der Waals surface area contributed by atoms with Crippen LogP contribution >= 0.6 is 11.8 Å². The van der Waals surface area contributed by atoms with Crippen LogP contribution in [-0.2, 0) is 17.6 Å². The molecule has 0 bridgehead atoms. The summed E-state index contributed by atoms with van der Waals surface area (Å²) in [6.07, 6.45) is 2.73. The van der Waals surface area contributed by atoms with Crippen LogP contribution in [0.25, 0.3) is 0 Å². The number of nitrogens with zero attached hydrogens (tertiary/aromatic N) is 1. The van der Waals surface area contributed by atoms with Crippen molar-refractivity contribution in [1.29, 1.82) is 0 Å². The van der Waals surface area contributed by atoms with Crippen LogP contribution in [0.3, 0.4) is 0 Å². The monoisotopic (exact) mass is 370 g/mol. The molecular weight excluding hydrogens is 352 g/mol. The highest BCUT2D eigenvalue weighted by Gasteiger charge is 2.31. The minimum Gasteiger partial charge on any atom is -0.493 e. The number of thioether (sulfide) groups is 1. The summed E-state index contributed by atoms with van der Waals surface area (Å²) in [5.74, 6) is 0.496. The molecule has 1 aliphatic rings. The molecule has 134 valence electrons. The molecule has 26 heavy (non-hydrogen) atoms. The van der Waals surface area contributed by atoms with Crippen LogP contribution in [0.2, 0.25) is 0 Å². The van der Waals surface area contributed by atoms with E-state index in [0.717, 1.165) is 28.8 Å². The highest BCUT2D eigenvalue weighted by atomic mass is 32.2. The van der Waals surface area contributed by atoms with Crippen molar-refractivity contribution in [3.05, 3.63) is 59.4 Å². The van der Waals surface area contributed by atoms with Gasteiger partial charge in [-0.15, -0.1) is 0 Å². The van der Waals surface area contributed by atoms with Gasteiger partial charge in [0.2, 0.25) is 5.91 Å². The molecule has 1 saturated heterocycles. The number of rotatable bonds is 7. The lowest BCUT2D eigenvalue weighted by Gasteiger charge is -2.08. The van der Waals surface area contributed by atoms with Crippen LogP contribution in [0.1, 0.15) is 28.5 Å². The van der Waals surface area contributed by atoms with Gasteiger partial charge < -0.3 is 4.74 Å². The van der Waals surface area contributed by atoms with Gasteiger partial charge in [-0.1, -0.05) is 23.9 Å². The molecule has 0 radical (unpaired) electrons. The number of hydrogen-bond donors (Lipinski definition) is 1. The van der Waals surface area contributed by atoms with Gasteiger partial charge in [-0.2, -0.15) is 0 Å². The van der Waals surface area contributed by atoms with Gasteiger partial charge >= 0.3 is 0 Å². The average Bonchev–Trinajstić information content (AvgIpc) is 2.94. The Hall–Kier alpha value is -2.67. The number of amides is 2. The minimum absolute atomic E-state index is 0.00163. The molecule has 2 heterocycles. The minimum atomic E-state index is -0.363. The maximum Gasteiger partial charge on any atom is 0.286 e. The summed E-state index contributed by atoms with van der Waals surface area (Å²) in [7, 11) is 0. The second kappa shape index (κ2) is 8.14. The number of ketones is 1. The van der Waals surface area contributed by atoms with Gasteiger partial charge in [-0.05, 0) is 43.2 Å². The van der Waals surface area contributed by atoms with Crippen molar-refractivity contribution < 1.29 is 19.1 Å². The summed E-state index contributed by atoms with van der Waals surface area (Å²) >= 11 is 1.03. The van der Waals surface area contributed by atoms with Crippen molar-refractivity contribution in [3.8, 4) is 5.75 Å². The molecular formula is C19H18N2O4S. The summed E-state index contributed by atoms with van der Waals surface area (Å²) in [4.78, 5) is 38.2. The van der Waals surface area contributed by atoms with Crippen molar-refractivity contribution in [2.45, 2.75) is 25.0 Å². The molecule has 0 spiro atoms. The molecule has 1 fully saturated rings. The molecule has 1 aromatic heterocycles. The number of aromatic nitrogens is 1. The van der Waals surface area contributed by atoms with E-state index in [2.05, 4.69) is 10.3 Å². The first-order valence-electron chi connectivity index (χ1n) is 8.20. The summed E-state index contributed by atoms with van der Waals surface area (Å²) < 4.78 is 5.71. The van der Waals surface area contributed by atoms with Crippen LogP contribution in [0.4, 0.5) is 4.79 Å². The molecule has 3 rings (SSSR count). The molecule has 6 nitrogen and oxygen atoms in total. The van der Waals surface area contributed by atoms with E-state index >= 15 is 0 Å². The molecule has 0 aliphatic carbocycles. The van der Waals surface area contributed by atoms with E-state index in [1.807, 2.05) is 30.3 Å². The number of ether oxygens (including phenoxy) is 1. The second-order valence-corrected chi connectivity index (χ2v) is 7.10. The summed E-state index contributed by atoms with van der Waals surface area (Å²) in [6.45, 7) is 1.99. The summed E-state index contributed by atoms with van der Waals surface area (Å²) in [6, 6.07) is 11.1. The maximum absolute atomic E-state index is 11.6. The van der Waals surface area contributed by atoms with Crippen molar-refractivity contribution in [2.75, 3.05) is 6.61 Å². The third kappa shape index (κ3) is 4.70. The Morgan fingerprint density at radius 1 is 1.19 bits per heavy atom. The predicted molar refractivity (Wildman–Crippen MR) is 98.5 cm³/mol. The SMILES string of the molecule is CC(=O)c1ccc(CCOc2ccc(C[C@@H]3SC(=O)NC3=O)cc2)nc1. The Balaban J connectivity index is 1.47. The van der Waals surface area contributed by atoms with E-state index in [0.29, 0.717) is 25.0 Å². The summed E-state index contributed by atoms with van der Waals surface area (Å²) in [5.41, 5.74) is 2.43. The number of Topliss-reactive ketones (excluding diaryl/α,β-unsaturated/α-hetero) is 1. The van der Waals surface area contributed by atoms with Crippen LogP contribution < -0.4 is 10.1 Å². The Bertz CT molecular complexity index is 818. The lowest BCUT2D eigenvalue weighted by Crippen LogP contribution is -2.25. The van der Waals surface area contributed by atoms with Gasteiger partial charge in [0.1, 0.15) is 5.75 Å². The molecule has 2 amide bonds. The number of pyridine rings is 1. The van der Waals surface area contributed by atoms with Gasteiger partial charge in [0.05, 0.1) is 11.9 Å². The number of imide groups is 1. The Morgan fingerprint density at radius 3 is 2.54 bits per heavy atom. The Kier molecular flexibility index (Phi) is 5.68. The van der Waals surface area contributed by atoms with Crippen LogP contribution in [0.5, 0.6) is 5.75 Å². The molecule has 0 unspecified atom stereocenters. The van der Waals surface area contributed by atoms with E-state index in [1.165, 1.54) is 6.92 Å². The maximum atomic E-state index is 11.6. The molecule has 7 heteroatoms. The fraction of sp³-hybridized carbons (Fsp3) is 0.263. The third-order valence-corrected chi connectivity index (χ3v) is 4.95. The van der Waals surface area contributed by atoms with Crippen molar-refractivity contribution >= 4 is 28.7 Å². The molecule has 1 N–H and O–H groups in total. The third-order valence-electron chi connectivity index (χ3n) is 3.97. The van der Waals surface area contributed by atoms with E-state index < -0.39 is 0 Å². The molecule has 1 aliphatic heterocycles. The smallest absolute Gasteiger partial charge is 0.286 e. The van der Waals surface area contributed by atoms with E-state index in [1.54, 1.807) is 12.3 Å². The topological polar surface area (TPSA) is 85.4 Å². The quantitative estimate of drug-likeness (QED) is 0.755. The normalized spacial score (nSPS) is 16.4. The zero-order valence-electron chi connectivity index (χ0n) is 14.2. The highest BCUT2D eigenvalue weighted by molar-refractivity contribution is 8.15. The Labute approximate surface area is 155 Å². The molecule has 0 saturated carbocycles. The number of carbonyl (C=O) groups excluding carboxylic acids is 3. The lowest BCUT2D eigenvalue weighted by atomic mass is 10.1.